The van der Waals surface area contributed by atoms with Gasteiger partial charge in [-0.05, 0) is 48.7 Å². The molecule has 0 saturated carbocycles. The number of ether oxygens (including phenoxy) is 3. The van der Waals surface area contributed by atoms with Crippen molar-refractivity contribution in [3.8, 4) is 5.75 Å². The van der Waals surface area contributed by atoms with Gasteiger partial charge < -0.3 is 19.5 Å². The summed E-state index contributed by atoms with van der Waals surface area (Å²) in [5, 5.41) is 4.64. The number of pyridine rings is 1. The van der Waals surface area contributed by atoms with E-state index < -0.39 is 0 Å². The van der Waals surface area contributed by atoms with Crippen molar-refractivity contribution in [2.24, 2.45) is 0 Å². The molecule has 2 heterocycles. The van der Waals surface area contributed by atoms with Crippen LogP contribution in [0.4, 0.5) is 0 Å². The molecule has 1 aliphatic rings. The van der Waals surface area contributed by atoms with Crippen LogP contribution in [0.2, 0.25) is 0 Å². The SMILES string of the molecule is COc1ccc2nccc(CCC3OCC(NCc4ccc(C)cc4)CO3)c2c1. The van der Waals surface area contributed by atoms with Crippen LogP contribution in [0, 0.1) is 6.92 Å². The standard InChI is InChI=1S/C24H28N2O3/c1-17-3-5-18(6-4-17)14-26-20-15-28-24(29-16-20)10-7-19-11-12-25-23-9-8-21(27-2)13-22(19)23/h3-6,8-9,11-13,20,24,26H,7,10,14-16H2,1-2H3. The van der Waals surface area contributed by atoms with Gasteiger partial charge in [-0.25, -0.2) is 0 Å². The van der Waals surface area contributed by atoms with Crippen LogP contribution in [0.1, 0.15) is 23.1 Å². The van der Waals surface area contributed by atoms with E-state index in [0.717, 1.165) is 36.0 Å². The van der Waals surface area contributed by atoms with Gasteiger partial charge in [0.05, 0.1) is 31.9 Å². The van der Waals surface area contributed by atoms with E-state index in [2.05, 4.69) is 47.6 Å². The first-order chi connectivity index (χ1) is 14.2. The molecule has 1 aromatic heterocycles. The van der Waals surface area contributed by atoms with E-state index in [9.17, 15) is 0 Å². The predicted molar refractivity (Wildman–Crippen MR) is 114 cm³/mol. The molecule has 2 aromatic carbocycles. The molecule has 0 radical (unpaired) electrons. The summed E-state index contributed by atoms with van der Waals surface area (Å²) >= 11 is 0. The number of aryl methyl sites for hydroxylation is 2. The molecule has 0 aliphatic carbocycles. The molecule has 0 atom stereocenters. The smallest absolute Gasteiger partial charge is 0.158 e. The van der Waals surface area contributed by atoms with E-state index in [0.29, 0.717) is 13.2 Å². The number of methoxy groups -OCH3 is 1. The van der Waals surface area contributed by atoms with Crippen molar-refractivity contribution < 1.29 is 14.2 Å². The summed E-state index contributed by atoms with van der Waals surface area (Å²) in [5.74, 6) is 0.847. The summed E-state index contributed by atoms with van der Waals surface area (Å²) in [6.45, 7) is 4.27. The van der Waals surface area contributed by atoms with Gasteiger partial charge in [0.1, 0.15) is 5.75 Å². The summed E-state index contributed by atoms with van der Waals surface area (Å²) in [6.07, 6.45) is 3.39. The van der Waals surface area contributed by atoms with Gasteiger partial charge in [0.15, 0.2) is 6.29 Å². The first-order valence-corrected chi connectivity index (χ1v) is 10.1. The number of hydrogen-bond donors (Lipinski definition) is 1. The van der Waals surface area contributed by atoms with Gasteiger partial charge in [0, 0.05) is 24.5 Å². The lowest BCUT2D eigenvalue weighted by Gasteiger charge is -2.30. The third-order valence-electron chi connectivity index (χ3n) is 5.37. The van der Waals surface area contributed by atoms with Gasteiger partial charge in [-0.15, -0.1) is 0 Å². The van der Waals surface area contributed by atoms with Crippen LogP contribution in [0.25, 0.3) is 10.9 Å². The van der Waals surface area contributed by atoms with Gasteiger partial charge in [-0.2, -0.15) is 0 Å². The molecule has 3 aromatic rings. The van der Waals surface area contributed by atoms with Crippen LogP contribution in [-0.2, 0) is 22.4 Å². The fraction of sp³-hybridized carbons (Fsp3) is 0.375. The molecule has 152 valence electrons. The molecule has 0 unspecified atom stereocenters. The minimum absolute atomic E-state index is 0.166. The monoisotopic (exact) mass is 392 g/mol. The maximum atomic E-state index is 5.95. The Morgan fingerprint density at radius 2 is 1.86 bits per heavy atom. The lowest BCUT2D eigenvalue weighted by molar-refractivity contribution is -0.192. The van der Waals surface area contributed by atoms with Crippen LogP contribution in [-0.4, -0.2) is 37.6 Å². The van der Waals surface area contributed by atoms with Gasteiger partial charge in [-0.1, -0.05) is 29.8 Å². The number of hydrogen-bond acceptors (Lipinski definition) is 5. The molecule has 4 rings (SSSR count). The predicted octanol–water partition coefficient (Wildman–Crippen LogP) is 4.02. The van der Waals surface area contributed by atoms with Crippen molar-refractivity contribution in [2.45, 2.75) is 38.6 Å². The Bertz CT molecular complexity index is 935. The molecule has 0 amide bonds. The minimum Gasteiger partial charge on any atom is -0.497 e. The summed E-state index contributed by atoms with van der Waals surface area (Å²) < 4.78 is 17.3. The molecular weight excluding hydrogens is 364 g/mol. The molecule has 0 spiro atoms. The molecule has 0 bridgehead atoms. The highest BCUT2D eigenvalue weighted by molar-refractivity contribution is 5.83. The Kier molecular flexibility index (Phi) is 6.39. The maximum absolute atomic E-state index is 5.95. The Labute approximate surface area is 172 Å². The van der Waals surface area contributed by atoms with Crippen molar-refractivity contribution in [1.29, 1.82) is 0 Å². The van der Waals surface area contributed by atoms with Crippen LogP contribution in [0.5, 0.6) is 5.75 Å². The second kappa shape index (κ2) is 9.35. The lowest BCUT2D eigenvalue weighted by Crippen LogP contribution is -2.44. The first kappa shape index (κ1) is 19.8. The third kappa shape index (κ3) is 5.12. The Balaban J connectivity index is 1.27. The van der Waals surface area contributed by atoms with E-state index in [1.165, 1.54) is 16.7 Å². The van der Waals surface area contributed by atoms with E-state index in [-0.39, 0.29) is 12.3 Å². The molecule has 1 aliphatic heterocycles. The van der Waals surface area contributed by atoms with Crippen LogP contribution >= 0.6 is 0 Å². The third-order valence-corrected chi connectivity index (χ3v) is 5.37. The number of nitrogens with one attached hydrogen (secondary N) is 1. The topological polar surface area (TPSA) is 52.6 Å². The minimum atomic E-state index is -0.166. The lowest BCUT2D eigenvalue weighted by atomic mass is 10.0. The van der Waals surface area contributed by atoms with Crippen molar-refractivity contribution in [3.63, 3.8) is 0 Å². The first-order valence-electron chi connectivity index (χ1n) is 10.1. The average Bonchev–Trinajstić information content (AvgIpc) is 2.77. The molecule has 5 nitrogen and oxygen atoms in total. The highest BCUT2D eigenvalue weighted by Crippen LogP contribution is 2.24. The highest BCUT2D eigenvalue weighted by atomic mass is 16.7. The summed E-state index contributed by atoms with van der Waals surface area (Å²) in [6, 6.07) is 16.9. The van der Waals surface area contributed by atoms with Crippen molar-refractivity contribution in [2.75, 3.05) is 20.3 Å². The molecule has 29 heavy (non-hydrogen) atoms. The van der Waals surface area contributed by atoms with Gasteiger partial charge in [-0.3, -0.25) is 4.98 Å². The number of benzene rings is 2. The summed E-state index contributed by atoms with van der Waals surface area (Å²) in [5.41, 5.74) is 4.77. The zero-order chi connectivity index (χ0) is 20.1. The number of rotatable bonds is 7. The summed E-state index contributed by atoms with van der Waals surface area (Å²) in [7, 11) is 1.68. The average molecular weight is 392 g/mol. The molecule has 1 saturated heterocycles. The molecule has 1 fully saturated rings. The van der Waals surface area contributed by atoms with Crippen molar-refractivity contribution in [3.05, 3.63) is 71.4 Å². The second-order valence-corrected chi connectivity index (χ2v) is 7.55. The van der Waals surface area contributed by atoms with E-state index in [1.54, 1.807) is 7.11 Å². The molecular formula is C24H28N2O3. The maximum Gasteiger partial charge on any atom is 0.158 e. The largest absolute Gasteiger partial charge is 0.497 e. The highest BCUT2D eigenvalue weighted by Gasteiger charge is 2.22. The fourth-order valence-corrected chi connectivity index (χ4v) is 3.60. The fourth-order valence-electron chi connectivity index (χ4n) is 3.60. The molecule has 1 N–H and O–H groups in total. The van der Waals surface area contributed by atoms with Crippen LogP contribution in [0.3, 0.4) is 0 Å². The normalized spacial score (nSPS) is 19.4. The van der Waals surface area contributed by atoms with Crippen LogP contribution < -0.4 is 10.1 Å². The second-order valence-electron chi connectivity index (χ2n) is 7.55. The van der Waals surface area contributed by atoms with Crippen molar-refractivity contribution >= 4 is 10.9 Å². The van der Waals surface area contributed by atoms with Gasteiger partial charge in [0.2, 0.25) is 0 Å². The van der Waals surface area contributed by atoms with Crippen molar-refractivity contribution in [1.82, 2.24) is 10.3 Å². The zero-order valence-corrected chi connectivity index (χ0v) is 17.1. The van der Waals surface area contributed by atoms with Gasteiger partial charge >= 0.3 is 0 Å². The Hall–Kier alpha value is -2.47. The Morgan fingerprint density at radius 3 is 2.62 bits per heavy atom. The quantitative estimate of drug-likeness (QED) is 0.658. The van der Waals surface area contributed by atoms with E-state index >= 15 is 0 Å². The van der Waals surface area contributed by atoms with E-state index in [4.69, 9.17) is 14.2 Å². The number of nitrogens with zero attached hydrogens (tertiary/aromatic N) is 1. The summed E-state index contributed by atoms with van der Waals surface area (Å²) in [4.78, 5) is 4.45. The zero-order valence-electron chi connectivity index (χ0n) is 17.1. The Morgan fingerprint density at radius 1 is 1.07 bits per heavy atom. The van der Waals surface area contributed by atoms with Gasteiger partial charge in [0.25, 0.3) is 0 Å². The van der Waals surface area contributed by atoms with E-state index in [1.807, 2.05) is 24.4 Å². The number of aromatic nitrogens is 1. The molecule has 5 heteroatoms. The number of fused-ring (bicyclic) bond motifs is 1. The van der Waals surface area contributed by atoms with Crippen LogP contribution in [0.15, 0.2) is 54.7 Å².